The van der Waals surface area contributed by atoms with E-state index in [0.717, 1.165) is 29.8 Å². The molecule has 2 aromatic rings. The first-order chi connectivity index (χ1) is 10.3. The Bertz CT molecular complexity index is 610. The largest absolute Gasteiger partial charge is 0.390 e. The van der Waals surface area contributed by atoms with Gasteiger partial charge in [0.15, 0.2) is 0 Å². The van der Waals surface area contributed by atoms with E-state index >= 15 is 0 Å². The van der Waals surface area contributed by atoms with Gasteiger partial charge in [0.25, 0.3) is 0 Å². The number of nitrogens with one attached hydrogen (secondary N) is 1. The second-order valence-corrected chi connectivity index (χ2v) is 5.09. The maximum absolute atomic E-state index is 12.8. The third kappa shape index (κ3) is 3.67. The van der Waals surface area contributed by atoms with Gasteiger partial charge in [-0.3, -0.25) is 0 Å². The summed E-state index contributed by atoms with van der Waals surface area (Å²) in [6.45, 7) is 1.41. The molecule has 0 saturated heterocycles. The molecule has 21 heavy (non-hydrogen) atoms. The summed E-state index contributed by atoms with van der Waals surface area (Å²) in [7, 11) is 0. The van der Waals surface area contributed by atoms with Crippen LogP contribution in [0, 0.1) is 5.82 Å². The van der Waals surface area contributed by atoms with Gasteiger partial charge in [-0.2, -0.15) is 0 Å². The van der Waals surface area contributed by atoms with Crippen molar-refractivity contribution < 1.29 is 9.23 Å². The van der Waals surface area contributed by atoms with Crippen molar-refractivity contribution in [2.75, 3.05) is 6.54 Å². The summed E-state index contributed by atoms with van der Waals surface area (Å²) in [6.07, 6.45) is 0.862. The Morgan fingerprint density at radius 3 is 2.62 bits per heavy atom. The van der Waals surface area contributed by atoms with Crippen LogP contribution in [0.1, 0.15) is 17.5 Å². The molecule has 0 aromatic heterocycles. The Morgan fingerprint density at radius 2 is 1.86 bits per heavy atom. The maximum Gasteiger partial charge on any atom is 0.145 e. The molecule has 3 nitrogen and oxygen atoms in total. The van der Waals surface area contributed by atoms with Crippen molar-refractivity contribution in [1.29, 1.82) is 0 Å². The smallest absolute Gasteiger partial charge is 0.145 e. The van der Waals surface area contributed by atoms with E-state index in [-0.39, 0.29) is 11.9 Å². The van der Waals surface area contributed by atoms with Gasteiger partial charge in [-0.1, -0.05) is 47.6 Å². The Kier molecular flexibility index (Phi) is 4.26. The normalized spacial score (nSPS) is 17.4. The minimum absolute atomic E-state index is 0.0562. The van der Waals surface area contributed by atoms with Crippen molar-refractivity contribution in [3.05, 3.63) is 71.5 Å². The molecule has 108 valence electrons. The van der Waals surface area contributed by atoms with Crippen molar-refractivity contribution >= 4 is 5.71 Å². The van der Waals surface area contributed by atoms with Gasteiger partial charge in [-0.05, 0) is 23.3 Å². The van der Waals surface area contributed by atoms with Crippen molar-refractivity contribution in [3.63, 3.8) is 0 Å². The van der Waals surface area contributed by atoms with Crippen LogP contribution in [0.25, 0.3) is 0 Å². The van der Waals surface area contributed by atoms with E-state index in [1.54, 1.807) is 12.1 Å². The summed E-state index contributed by atoms with van der Waals surface area (Å²) in [4.78, 5) is 5.44. The zero-order valence-corrected chi connectivity index (χ0v) is 11.6. The number of benzene rings is 2. The van der Waals surface area contributed by atoms with E-state index in [9.17, 15) is 4.39 Å². The number of hydrogen-bond acceptors (Lipinski definition) is 3. The minimum Gasteiger partial charge on any atom is -0.390 e. The number of hydrogen-bond donors (Lipinski definition) is 1. The van der Waals surface area contributed by atoms with Crippen LogP contribution in [0.2, 0.25) is 0 Å². The van der Waals surface area contributed by atoms with Gasteiger partial charge in [0.05, 0.1) is 5.71 Å². The van der Waals surface area contributed by atoms with Gasteiger partial charge in [0.1, 0.15) is 11.9 Å². The topological polar surface area (TPSA) is 33.6 Å². The van der Waals surface area contributed by atoms with Crippen molar-refractivity contribution in [1.82, 2.24) is 5.32 Å². The van der Waals surface area contributed by atoms with Gasteiger partial charge in [0, 0.05) is 19.5 Å². The second kappa shape index (κ2) is 6.50. The van der Waals surface area contributed by atoms with E-state index in [1.165, 1.54) is 12.1 Å². The summed E-state index contributed by atoms with van der Waals surface area (Å²) < 4.78 is 12.8. The summed E-state index contributed by atoms with van der Waals surface area (Å²) >= 11 is 0. The predicted molar refractivity (Wildman–Crippen MR) is 80.6 cm³/mol. The highest BCUT2D eigenvalue weighted by atomic mass is 19.1. The van der Waals surface area contributed by atoms with Gasteiger partial charge in [0.2, 0.25) is 0 Å². The van der Waals surface area contributed by atoms with Crippen molar-refractivity contribution in [2.45, 2.75) is 19.1 Å². The molecule has 1 heterocycles. The summed E-state index contributed by atoms with van der Waals surface area (Å²) in [6, 6.07) is 16.6. The molecule has 1 N–H and O–H groups in total. The fraction of sp³-hybridized carbons (Fsp3) is 0.235. The molecule has 3 rings (SSSR count). The van der Waals surface area contributed by atoms with E-state index in [4.69, 9.17) is 4.84 Å². The lowest BCUT2D eigenvalue weighted by molar-refractivity contribution is 0.0848. The Labute approximate surface area is 123 Å². The Balaban J connectivity index is 1.45. The van der Waals surface area contributed by atoms with Crippen LogP contribution >= 0.6 is 0 Å². The Hall–Kier alpha value is -2.20. The van der Waals surface area contributed by atoms with Gasteiger partial charge in [-0.25, -0.2) is 4.39 Å². The molecule has 0 amide bonds. The van der Waals surface area contributed by atoms with Crippen LogP contribution in [0.15, 0.2) is 59.8 Å². The first kappa shape index (κ1) is 13.8. The molecule has 0 fully saturated rings. The predicted octanol–water partition coefficient (Wildman–Crippen LogP) is 3.11. The highest BCUT2D eigenvalue weighted by Gasteiger charge is 2.21. The number of nitrogens with zero attached hydrogens (tertiary/aromatic N) is 1. The van der Waals surface area contributed by atoms with E-state index in [0.29, 0.717) is 6.54 Å². The monoisotopic (exact) mass is 284 g/mol. The van der Waals surface area contributed by atoms with Crippen molar-refractivity contribution in [2.24, 2.45) is 5.16 Å². The third-order valence-electron chi connectivity index (χ3n) is 3.45. The Morgan fingerprint density at radius 1 is 1.10 bits per heavy atom. The average Bonchev–Trinajstić information content (AvgIpc) is 2.99. The van der Waals surface area contributed by atoms with Gasteiger partial charge < -0.3 is 10.2 Å². The molecule has 1 unspecified atom stereocenters. The van der Waals surface area contributed by atoms with E-state index in [1.807, 2.05) is 30.3 Å². The van der Waals surface area contributed by atoms with Gasteiger partial charge in [-0.15, -0.1) is 0 Å². The highest BCUT2D eigenvalue weighted by molar-refractivity contribution is 6.01. The second-order valence-electron chi connectivity index (χ2n) is 5.09. The van der Waals surface area contributed by atoms with Gasteiger partial charge >= 0.3 is 0 Å². The zero-order chi connectivity index (χ0) is 14.5. The molecule has 0 spiro atoms. The van der Waals surface area contributed by atoms with Crippen LogP contribution in [-0.4, -0.2) is 18.4 Å². The molecular formula is C17H17FN2O. The van der Waals surface area contributed by atoms with E-state index in [2.05, 4.69) is 10.5 Å². The number of oxime groups is 1. The molecule has 1 atom stereocenters. The fourth-order valence-electron chi connectivity index (χ4n) is 2.32. The molecule has 0 aliphatic carbocycles. The zero-order valence-electron chi connectivity index (χ0n) is 11.6. The first-order valence-corrected chi connectivity index (χ1v) is 7.04. The van der Waals surface area contributed by atoms with E-state index < -0.39 is 0 Å². The number of rotatable bonds is 5. The lowest BCUT2D eigenvalue weighted by Gasteiger charge is -2.09. The maximum atomic E-state index is 12.8. The quantitative estimate of drug-likeness (QED) is 0.915. The standard InChI is InChI=1S/C17H17FN2O/c18-15-8-6-13(7-9-15)11-19-12-16-10-17(20-21-16)14-4-2-1-3-5-14/h1-9,16,19H,10-12H2. The van der Waals surface area contributed by atoms with Crippen LogP contribution in [0.4, 0.5) is 4.39 Å². The lowest BCUT2D eigenvalue weighted by Crippen LogP contribution is -2.26. The SMILES string of the molecule is Fc1ccc(CNCC2CC(c3ccccc3)=NO2)cc1. The molecule has 4 heteroatoms. The highest BCUT2D eigenvalue weighted by Crippen LogP contribution is 2.16. The lowest BCUT2D eigenvalue weighted by atomic mass is 10.1. The molecule has 1 aliphatic heterocycles. The average molecular weight is 284 g/mol. The fourth-order valence-corrected chi connectivity index (χ4v) is 2.32. The summed E-state index contributed by atoms with van der Waals surface area (Å²) in [5.74, 6) is -0.209. The number of halogens is 1. The van der Waals surface area contributed by atoms with Crippen LogP contribution in [-0.2, 0) is 11.4 Å². The first-order valence-electron chi connectivity index (χ1n) is 7.04. The molecule has 0 bridgehead atoms. The third-order valence-corrected chi connectivity index (χ3v) is 3.45. The molecule has 2 aromatic carbocycles. The van der Waals surface area contributed by atoms with Crippen LogP contribution in [0.5, 0.6) is 0 Å². The van der Waals surface area contributed by atoms with Crippen LogP contribution < -0.4 is 5.32 Å². The summed E-state index contributed by atoms with van der Waals surface area (Å²) in [5, 5.41) is 7.47. The molecule has 1 aliphatic rings. The van der Waals surface area contributed by atoms with Crippen LogP contribution in [0.3, 0.4) is 0 Å². The molecule has 0 radical (unpaired) electrons. The minimum atomic E-state index is -0.209. The molecular weight excluding hydrogens is 267 g/mol. The molecule has 0 saturated carbocycles. The summed E-state index contributed by atoms with van der Waals surface area (Å²) in [5.41, 5.74) is 3.15. The van der Waals surface area contributed by atoms with Crippen molar-refractivity contribution in [3.8, 4) is 0 Å².